The van der Waals surface area contributed by atoms with E-state index in [1.165, 1.54) is 11.3 Å². The van der Waals surface area contributed by atoms with Crippen molar-refractivity contribution in [1.29, 1.82) is 0 Å². The van der Waals surface area contributed by atoms with Crippen molar-refractivity contribution >= 4 is 33.2 Å². The molecule has 37 heavy (non-hydrogen) atoms. The molecule has 4 heterocycles. The van der Waals surface area contributed by atoms with Crippen LogP contribution < -0.4 is 0 Å². The van der Waals surface area contributed by atoms with Gasteiger partial charge in [-0.15, -0.1) is 11.3 Å². The maximum absolute atomic E-state index is 11.4. The molecule has 2 aliphatic rings. The number of aromatic nitrogens is 4. The van der Waals surface area contributed by atoms with Crippen molar-refractivity contribution in [3.05, 3.63) is 80.1 Å². The Hall–Kier alpha value is -3.09. The standard InChI is InChI=1S/C24H22ClN7O4S/c1-11-27-23(32(30-11)15-9-8-14-22(17(15)25)37-12(2)28-14)21-19(33)18(29-31-26)20-16(35-21)10-34-24(36-20)13-6-4-3-5-7-13/h3-9,16,18-21,24,33H,10H2,1-2H3/t16?,18-,19?,20+,21-,24?/m1/s1. The van der Waals surface area contributed by atoms with Gasteiger partial charge in [0.2, 0.25) is 0 Å². The van der Waals surface area contributed by atoms with Crippen molar-refractivity contribution in [2.24, 2.45) is 5.11 Å². The summed E-state index contributed by atoms with van der Waals surface area (Å²) in [6, 6.07) is 12.1. The molecule has 2 aliphatic heterocycles. The quantitative estimate of drug-likeness (QED) is 0.224. The van der Waals surface area contributed by atoms with Crippen molar-refractivity contribution in [3.63, 3.8) is 0 Å². The molecule has 13 heteroatoms. The van der Waals surface area contributed by atoms with Gasteiger partial charge in [-0.3, -0.25) is 0 Å². The zero-order valence-electron chi connectivity index (χ0n) is 19.8. The second-order valence-corrected chi connectivity index (χ2v) is 10.4. The van der Waals surface area contributed by atoms with Crippen molar-refractivity contribution in [2.45, 2.75) is 50.6 Å². The van der Waals surface area contributed by atoms with Gasteiger partial charge in [-0.25, -0.2) is 14.6 Å². The maximum atomic E-state index is 11.4. The first-order valence-electron chi connectivity index (χ1n) is 11.6. The Balaban J connectivity index is 1.36. The third-order valence-electron chi connectivity index (χ3n) is 6.44. The van der Waals surface area contributed by atoms with Gasteiger partial charge in [0, 0.05) is 10.5 Å². The van der Waals surface area contributed by atoms with Crippen LogP contribution in [0.5, 0.6) is 0 Å². The Labute approximate surface area is 220 Å². The molecule has 0 radical (unpaired) electrons. The lowest BCUT2D eigenvalue weighted by atomic mass is 9.91. The second kappa shape index (κ2) is 9.66. The minimum absolute atomic E-state index is 0.172. The molecule has 6 atom stereocenters. The first-order chi connectivity index (χ1) is 17.9. The fraction of sp³-hybridized carbons (Fsp3) is 0.375. The van der Waals surface area contributed by atoms with E-state index in [4.69, 9.17) is 25.8 Å². The lowest BCUT2D eigenvalue weighted by Crippen LogP contribution is -2.58. The molecule has 0 bridgehead atoms. The van der Waals surface area contributed by atoms with Gasteiger partial charge >= 0.3 is 0 Å². The van der Waals surface area contributed by atoms with E-state index >= 15 is 0 Å². The van der Waals surface area contributed by atoms with Gasteiger partial charge in [0.25, 0.3) is 0 Å². The Kier molecular flexibility index (Phi) is 6.33. The highest BCUT2D eigenvalue weighted by Gasteiger charge is 2.51. The summed E-state index contributed by atoms with van der Waals surface area (Å²) in [5, 5.41) is 21.2. The molecule has 0 amide bonds. The third-order valence-corrected chi connectivity index (χ3v) is 7.94. The average Bonchev–Trinajstić information content (AvgIpc) is 3.48. The Bertz CT molecular complexity index is 1510. The van der Waals surface area contributed by atoms with Crippen LogP contribution in [0.3, 0.4) is 0 Å². The molecule has 2 fully saturated rings. The van der Waals surface area contributed by atoms with Gasteiger partial charge in [-0.1, -0.05) is 47.0 Å². The Morgan fingerprint density at radius 3 is 2.76 bits per heavy atom. The van der Waals surface area contributed by atoms with Crippen LogP contribution in [0.4, 0.5) is 0 Å². The number of azide groups is 1. The van der Waals surface area contributed by atoms with E-state index in [0.29, 0.717) is 22.4 Å². The fourth-order valence-electron chi connectivity index (χ4n) is 4.82. The van der Waals surface area contributed by atoms with Gasteiger partial charge in [0.1, 0.15) is 24.1 Å². The van der Waals surface area contributed by atoms with E-state index in [2.05, 4.69) is 25.1 Å². The van der Waals surface area contributed by atoms with Gasteiger partial charge in [-0.05, 0) is 31.5 Å². The van der Waals surface area contributed by atoms with Crippen LogP contribution in [0.1, 0.15) is 34.6 Å². The molecule has 0 aliphatic carbocycles. The van der Waals surface area contributed by atoms with Crippen LogP contribution in [-0.4, -0.2) is 55.8 Å². The molecule has 1 N–H and O–H groups in total. The lowest BCUT2D eigenvalue weighted by molar-refractivity contribution is -0.309. The number of aliphatic hydroxyl groups is 1. The van der Waals surface area contributed by atoms with Crippen LogP contribution in [0.25, 0.3) is 26.3 Å². The number of halogens is 1. The summed E-state index contributed by atoms with van der Waals surface area (Å²) in [4.78, 5) is 12.0. The van der Waals surface area contributed by atoms with Gasteiger partial charge < -0.3 is 19.3 Å². The summed E-state index contributed by atoms with van der Waals surface area (Å²) < 4.78 is 20.8. The lowest BCUT2D eigenvalue weighted by Gasteiger charge is -2.46. The average molecular weight is 540 g/mol. The minimum Gasteiger partial charge on any atom is -0.389 e. The fourth-order valence-corrected chi connectivity index (χ4v) is 6.02. The number of benzene rings is 2. The zero-order valence-corrected chi connectivity index (χ0v) is 21.4. The molecule has 2 aromatic heterocycles. The predicted octanol–water partition coefficient (Wildman–Crippen LogP) is 4.74. The summed E-state index contributed by atoms with van der Waals surface area (Å²) in [6.45, 7) is 3.83. The SMILES string of the molecule is Cc1nc([C@@H]2OC3COC(c4ccccc4)O[C@@H]3[C@H](N=[N+]=[N-])C2O)n(-c2ccc3nc(C)sc3c2Cl)n1. The maximum Gasteiger partial charge on any atom is 0.184 e. The van der Waals surface area contributed by atoms with E-state index < -0.39 is 36.7 Å². The summed E-state index contributed by atoms with van der Waals surface area (Å²) in [5.41, 5.74) is 11.5. The Morgan fingerprint density at radius 2 is 1.97 bits per heavy atom. The summed E-state index contributed by atoms with van der Waals surface area (Å²) in [7, 11) is 0. The van der Waals surface area contributed by atoms with E-state index in [-0.39, 0.29) is 6.61 Å². The smallest absolute Gasteiger partial charge is 0.184 e. The molecular formula is C24H22ClN7O4S. The van der Waals surface area contributed by atoms with E-state index in [1.54, 1.807) is 11.6 Å². The van der Waals surface area contributed by atoms with Crippen LogP contribution >= 0.6 is 22.9 Å². The number of aliphatic hydroxyl groups excluding tert-OH is 1. The van der Waals surface area contributed by atoms with Crippen LogP contribution in [0, 0.1) is 13.8 Å². The van der Waals surface area contributed by atoms with Gasteiger partial charge in [-0.2, -0.15) is 5.10 Å². The number of ether oxygens (including phenoxy) is 3. The molecule has 0 spiro atoms. The van der Waals surface area contributed by atoms with Crippen molar-refractivity contribution in [3.8, 4) is 5.69 Å². The molecular weight excluding hydrogens is 518 g/mol. The largest absolute Gasteiger partial charge is 0.389 e. The van der Waals surface area contributed by atoms with Crippen molar-refractivity contribution in [1.82, 2.24) is 19.7 Å². The molecule has 3 unspecified atom stereocenters. The number of aryl methyl sites for hydroxylation is 2. The normalized spacial score (nSPS) is 27.6. The molecule has 2 aromatic carbocycles. The summed E-state index contributed by atoms with van der Waals surface area (Å²) in [6.07, 6.45) is -4.25. The molecule has 6 rings (SSSR count). The molecule has 190 valence electrons. The number of rotatable bonds is 4. The molecule has 4 aromatic rings. The predicted molar refractivity (Wildman–Crippen MR) is 136 cm³/mol. The van der Waals surface area contributed by atoms with Gasteiger partial charge in [0.05, 0.1) is 44.7 Å². The third kappa shape index (κ3) is 4.26. The number of hydrogen-bond acceptors (Lipinski definition) is 9. The number of fused-ring (bicyclic) bond motifs is 2. The van der Waals surface area contributed by atoms with E-state index in [0.717, 1.165) is 20.8 Å². The van der Waals surface area contributed by atoms with Crippen LogP contribution in [0.2, 0.25) is 5.02 Å². The minimum atomic E-state index is -1.26. The van der Waals surface area contributed by atoms with E-state index in [1.807, 2.05) is 49.4 Å². The topological polar surface area (TPSA) is 140 Å². The monoisotopic (exact) mass is 539 g/mol. The number of nitrogens with zero attached hydrogens (tertiary/aromatic N) is 7. The summed E-state index contributed by atoms with van der Waals surface area (Å²) >= 11 is 8.26. The number of hydrogen-bond donors (Lipinski definition) is 1. The number of thiazole rings is 1. The molecule has 0 saturated carbocycles. The molecule has 11 nitrogen and oxygen atoms in total. The van der Waals surface area contributed by atoms with Crippen LogP contribution in [0.15, 0.2) is 47.6 Å². The van der Waals surface area contributed by atoms with E-state index in [9.17, 15) is 10.6 Å². The first-order valence-corrected chi connectivity index (χ1v) is 12.8. The van der Waals surface area contributed by atoms with Gasteiger partial charge in [0.15, 0.2) is 12.1 Å². The van der Waals surface area contributed by atoms with Crippen molar-refractivity contribution < 1.29 is 19.3 Å². The highest BCUT2D eigenvalue weighted by atomic mass is 35.5. The summed E-state index contributed by atoms with van der Waals surface area (Å²) in [5.74, 6) is 0.791. The van der Waals surface area contributed by atoms with Crippen LogP contribution in [-0.2, 0) is 14.2 Å². The zero-order chi connectivity index (χ0) is 25.7. The highest BCUT2D eigenvalue weighted by Crippen LogP contribution is 2.41. The first kappa shape index (κ1) is 24.3. The Morgan fingerprint density at radius 1 is 1.16 bits per heavy atom. The van der Waals surface area contributed by atoms with Crippen molar-refractivity contribution in [2.75, 3.05) is 6.61 Å². The molecule has 2 saturated heterocycles. The highest BCUT2D eigenvalue weighted by molar-refractivity contribution is 7.19. The second-order valence-electron chi connectivity index (χ2n) is 8.87.